The summed E-state index contributed by atoms with van der Waals surface area (Å²) in [7, 11) is 1.52. The summed E-state index contributed by atoms with van der Waals surface area (Å²) in [6, 6.07) is 7.27. The smallest absolute Gasteiger partial charge is 0.188 e. The molecule has 1 aromatic rings. The highest BCUT2D eigenvalue weighted by Gasteiger charge is 2.23. The van der Waals surface area contributed by atoms with E-state index < -0.39 is 0 Å². The van der Waals surface area contributed by atoms with Gasteiger partial charge in [-0.15, -0.1) is 0 Å². The topological polar surface area (TPSA) is 35.5 Å². The molecule has 0 atom stereocenters. The highest BCUT2D eigenvalue weighted by Crippen LogP contribution is 2.27. The summed E-state index contributed by atoms with van der Waals surface area (Å²) in [6.45, 7) is 0.118. The van der Waals surface area contributed by atoms with Gasteiger partial charge in [0, 0.05) is 12.7 Å². The summed E-state index contributed by atoms with van der Waals surface area (Å²) in [6.07, 6.45) is 2.60. The van der Waals surface area contributed by atoms with Gasteiger partial charge in [0.05, 0.1) is 6.10 Å². The number of hydrogen-bond donors (Lipinski definition) is 0. The number of ketones is 1. The fourth-order valence-corrected chi connectivity index (χ4v) is 1.34. The van der Waals surface area contributed by atoms with Gasteiger partial charge < -0.3 is 9.47 Å². The van der Waals surface area contributed by atoms with Gasteiger partial charge in [0.2, 0.25) is 0 Å². The molecule has 0 spiro atoms. The van der Waals surface area contributed by atoms with Crippen molar-refractivity contribution in [3.63, 3.8) is 0 Å². The van der Waals surface area contributed by atoms with Gasteiger partial charge in [0.15, 0.2) is 5.78 Å². The normalized spacial score (nSPS) is 15.0. The minimum Gasteiger partial charge on any atom is -0.490 e. The van der Waals surface area contributed by atoms with Crippen molar-refractivity contribution in [1.82, 2.24) is 0 Å². The minimum absolute atomic E-state index is 0.0150. The first-order valence-corrected chi connectivity index (χ1v) is 5.08. The Hall–Kier alpha value is -1.35. The number of hydrogen-bond acceptors (Lipinski definition) is 3. The molecule has 0 N–H and O–H groups in total. The minimum atomic E-state index is -0.0150. The summed E-state index contributed by atoms with van der Waals surface area (Å²) >= 11 is 0. The number of methoxy groups -OCH3 is 1. The zero-order chi connectivity index (χ0) is 10.7. The van der Waals surface area contributed by atoms with E-state index in [9.17, 15) is 4.79 Å². The van der Waals surface area contributed by atoms with Crippen LogP contribution in [0, 0.1) is 0 Å². The zero-order valence-corrected chi connectivity index (χ0v) is 8.73. The van der Waals surface area contributed by atoms with Gasteiger partial charge in [-0.25, -0.2) is 0 Å². The first-order chi connectivity index (χ1) is 7.29. The molecule has 0 saturated heterocycles. The van der Waals surface area contributed by atoms with E-state index in [0.29, 0.717) is 11.7 Å². The van der Waals surface area contributed by atoms with Crippen LogP contribution in [0.15, 0.2) is 24.3 Å². The van der Waals surface area contributed by atoms with E-state index in [1.165, 1.54) is 7.11 Å². The number of ether oxygens (including phenoxy) is 2. The Kier molecular flexibility index (Phi) is 3.02. The lowest BCUT2D eigenvalue weighted by Gasteiger charge is -2.05. The van der Waals surface area contributed by atoms with Crippen molar-refractivity contribution in [2.45, 2.75) is 18.9 Å². The van der Waals surface area contributed by atoms with Crippen molar-refractivity contribution in [2.24, 2.45) is 0 Å². The molecule has 0 aromatic heterocycles. The molecule has 1 aliphatic rings. The summed E-state index contributed by atoms with van der Waals surface area (Å²) in [5.74, 6) is 0.762. The van der Waals surface area contributed by atoms with Gasteiger partial charge in [-0.3, -0.25) is 4.79 Å². The third kappa shape index (κ3) is 2.80. The fourth-order valence-electron chi connectivity index (χ4n) is 1.34. The van der Waals surface area contributed by atoms with E-state index >= 15 is 0 Å². The highest BCUT2D eigenvalue weighted by molar-refractivity contribution is 5.97. The zero-order valence-electron chi connectivity index (χ0n) is 8.73. The molecular weight excluding hydrogens is 192 g/mol. The Labute approximate surface area is 89.0 Å². The molecule has 0 amide bonds. The molecule has 0 aliphatic heterocycles. The van der Waals surface area contributed by atoms with Crippen LogP contribution in [0.5, 0.6) is 5.75 Å². The van der Waals surface area contributed by atoms with Crippen LogP contribution in [0.1, 0.15) is 23.2 Å². The van der Waals surface area contributed by atoms with E-state index in [1.54, 1.807) is 12.1 Å². The molecule has 3 heteroatoms. The number of Topliss-reactive ketones (excluding diaryl/α,β-unsaturated/α-hetero) is 1. The Bertz CT molecular complexity index is 356. The Morgan fingerprint density at radius 2 is 2.27 bits per heavy atom. The predicted molar refractivity (Wildman–Crippen MR) is 56.3 cm³/mol. The Morgan fingerprint density at radius 1 is 1.47 bits per heavy atom. The largest absolute Gasteiger partial charge is 0.490 e. The van der Waals surface area contributed by atoms with Crippen molar-refractivity contribution in [2.75, 3.05) is 13.7 Å². The lowest BCUT2D eigenvalue weighted by Crippen LogP contribution is -2.07. The van der Waals surface area contributed by atoms with Crippen molar-refractivity contribution < 1.29 is 14.3 Å². The van der Waals surface area contributed by atoms with E-state index in [1.807, 2.05) is 12.1 Å². The third-order valence-electron chi connectivity index (χ3n) is 2.26. The van der Waals surface area contributed by atoms with Crippen LogP contribution in [0.25, 0.3) is 0 Å². The molecular formula is C12H14O3. The summed E-state index contributed by atoms with van der Waals surface area (Å²) in [5, 5.41) is 0. The maximum atomic E-state index is 11.5. The van der Waals surface area contributed by atoms with Crippen LogP contribution < -0.4 is 4.74 Å². The van der Waals surface area contributed by atoms with Gasteiger partial charge in [-0.2, -0.15) is 0 Å². The lowest BCUT2D eigenvalue weighted by atomic mass is 10.1. The quantitative estimate of drug-likeness (QED) is 0.692. The Morgan fingerprint density at radius 3 is 2.93 bits per heavy atom. The average Bonchev–Trinajstić information content (AvgIpc) is 3.03. The van der Waals surface area contributed by atoms with E-state index in [4.69, 9.17) is 9.47 Å². The second kappa shape index (κ2) is 4.45. The molecule has 15 heavy (non-hydrogen) atoms. The summed E-state index contributed by atoms with van der Waals surface area (Å²) < 4.78 is 10.4. The van der Waals surface area contributed by atoms with Gasteiger partial charge in [-0.05, 0) is 25.0 Å². The van der Waals surface area contributed by atoms with E-state index in [2.05, 4.69) is 0 Å². The molecule has 0 bridgehead atoms. The predicted octanol–water partition coefficient (Wildman–Crippen LogP) is 2.06. The number of carbonyl (C=O) groups excluding carboxylic acids is 1. The van der Waals surface area contributed by atoms with Crippen molar-refractivity contribution in [3.8, 4) is 5.75 Å². The molecule has 0 radical (unpaired) electrons. The number of benzene rings is 1. The second-order valence-electron chi connectivity index (χ2n) is 3.70. The lowest BCUT2D eigenvalue weighted by molar-refractivity contribution is 0.0847. The third-order valence-corrected chi connectivity index (χ3v) is 2.26. The molecule has 0 unspecified atom stereocenters. The number of carbonyl (C=O) groups is 1. The highest BCUT2D eigenvalue weighted by atomic mass is 16.5. The molecule has 1 fully saturated rings. The van der Waals surface area contributed by atoms with E-state index in [-0.39, 0.29) is 12.4 Å². The van der Waals surface area contributed by atoms with Crippen molar-refractivity contribution >= 4 is 5.78 Å². The Balaban J connectivity index is 2.06. The fraction of sp³-hybridized carbons (Fsp3) is 0.417. The SMILES string of the molecule is COCC(=O)c1cccc(OC2CC2)c1. The van der Waals surface area contributed by atoms with Crippen LogP contribution in [0.4, 0.5) is 0 Å². The van der Waals surface area contributed by atoms with Crippen LogP contribution in [0.3, 0.4) is 0 Å². The van der Waals surface area contributed by atoms with Gasteiger partial charge in [0.25, 0.3) is 0 Å². The number of rotatable bonds is 5. The maximum absolute atomic E-state index is 11.5. The van der Waals surface area contributed by atoms with Crippen molar-refractivity contribution in [3.05, 3.63) is 29.8 Å². The van der Waals surface area contributed by atoms with Crippen molar-refractivity contribution in [1.29, 1.82) is 0 Å². The standard InChI is InChI=1S/C12H14O3/c1-14-8-12(13)9-3-2-4-11(7-9)15-10-5-6-10/h2-4,7,10H,5-6,8H2,1H3. The second-order valence-corrected chi connectivity index (χ2v) is 3.70. The molecule has 2 rings (SSSR count). The van der Waals surface area contributed by atoms with Gasteiger partial charge in [-0.1, -0.05) is 12.1 Å². The summed E-state index contributed by atoms with van der Waals surface area (Å²) in [4.78, 5) is 11.5. The van der Waals surface area contributed by atoms with Gasteiger partial charge in [0.1, 0.15) is 12.4 Å². The molecule has 80 valence electrons. The van der Waals surface area contributed by atoms with Crippen LogP contribution in [-0.2, 0) is 4.74 Å². The van der Waals surface area contributed by atoms with Crippen LogP contribution in [-0.4, -0.2) is 25.6 Å². The van der Waals surface area contributed by atoms with E-state index in [0.717, 1.165) is 18.6 Å². The van der Waals surface area contributed by atoms with Crippen LogP contribution in [0.2, 0.25) is 0 Å². The maximum Gasteiger partial charge on any atom is 0.188 e. The molecule has 1 aliphatic carbocycles. The monoisotopic (exact) mass is 206 g/mol. The summed E-state index contributed by atoms with van der Waals surface area (Å²) in [5.41, 5.74) is 0.648. The first-order valence-electron chi connectivity index (χ1n) is 5.08. The van der Waals surface area contributed by atoms with Gasteiger partial charge >= 0.3 is 0 Å². The molecule has 0 heterocycles. The molecule has 1 saturated carbocycles. The van der Waals surface area contributed by atoms with Crippen LogP contribution >= 0.6 is 0 Å². The molecule has 3 nitrogen and oxygen atoms in total. The molecule has 1 aromatic carbocycles. The first kappa shape index (κ1) is 10.2. The average molecular weight is 206 g/mol.